The summed E-state index contributed by atoms with van der Waals surface area (Å²) in [6.45, 7) is 1.17. The van der Waals surface area contributed by atoms with E-state index in [1.165, 1.54) is 4.90 Å². The summed E-state index contributed by atoms with van der Waals surface area (Å²) in [4.78, 5) is 28.9. The summed E-state index contributed by atoms with van der Waals surface area (Å²) >= 11 is 5.88. The van der Waals surface area contributed by atoms with Gasteiger partial charge >= 0.3 is 0 Å². The second-order valence-electron chi connectivity index (χ2n) is 5.79. The zero-order valence-electron chi connectivity index (χ0n) is 13.9. The highest BCUT2D eigenvalue weighted by atomic mass is 35.5. The summed E-state index contributed by atoms with van der Waals surface area (Å²) < 4.78 is 0. The summed E-state index contributed by atoms with van der Waals surface area (Å²) in [6.07, 6.45) is 0.713. The molecule has 0 fully saturated rings. The van der Waals surface area contributed by atoms with E-state index in [1.807, 2.05) is 25.1 Å². The monoisotopic (exact) mass is 344 g/mol. The average molecular weight is 345 g/mol. The van der Waals surface area contributed by atoms with Gasteiger partial charge in [0, 0.05) is 22.7 Å². The van der Waals surface area contributed by atoms with E-state index in [1.54, 1.807) is 48.5 Å². The minimum Gasteiger partial charge on any atom is -0.309 e. The molecular formula is C19H21ClN2O2. The van der Waals surface area contributed by atoms with E-state index < -0.39 is 0 Å². The van der Waals surface area contributed by atoms with Gasteiger partial charge in [0.15, 0.2) is 0 Å². The fourth-order valence-corrected chi connectivity index (χ4v) is 2.45. The highest BCUT2D eigenvalue weighted by Gasteiger charge is 2.23. The molecule has 0 N–H and O–H groups in total. The molecule has 4 nitrogen and oxygen atoms in total. The van der Waals surface area contributed by atoms with Gasteiger partial charge < -0.3 is 4.90 Å². The third-order valence-corrected chi connectivity index (χ3v) is 3.84. The lowest BCUT2D eigenvalue weighted by molar-refractivity contribution is 0.0611. The van der Waals surface area contributed by atoms with Crippen LogP contribution in [0.3, 0.4) is 0 Å². The first-order valence-electron chi connectivity index (χ1n) is 7.80. The largest absolute Gasteiger partial charge is 0.309 e. The molecular weight excluding hydrogens is 324 g/mol. The van der Waals surface area contributed by atoms with Gasteiger partial charge in [0.2, 0.25) is 0 Å². The summed E-state index contributed by atoms with van der Waals surface area (Å²) in [5, 5.41) is 0.556. The Morgan fingerprint density at radius 1 is 0.833 bits per heavy atom. The second-order valence-corrected chi connectivity index (χ2v) is 6.23. The molecule has 24 heavy (non-hydrogen) atoms. The van der Waals surface area contributed by atoms with Crippen molar-refractivity contribution in [3.8, 4) is 0 Å². The zero-order chi connectivity index (χ0) is 17.5. The van der Waals surface area contributed by atoms with Crippen LogP contribution in [0.5, 0.6) is 0 Å². The number of rotatable bonds is 6. The number of halogens is 1. The van der Waals surface area contributed by atoms with Crippen LogP contribution in [-0.4, -0.2) is 48.8 Å². The van der Waals surface area contributed by atoms with Crippen LogP contribution >= 0.6 is 11.6 Å². The second kappa shape index (κ2) is 8.62. The average Bonchev–Trinajstić information content (AvgIpc) is 2.59. The third kappa shape index (κ3) is 4.91. The van der Waals surface area contributed by atoms with Gasteiger partial charge in [0.05, 0.1) is 0 Å². The first-order chi connectivity index (χ1) is 11.5. The van der Waals surface area contributed by atoms with Crippen molar-refractivity contribution >= 4 is 23.4 Å². The lowest BCUT2D eigenvalue weighted by atomic mass is 10.1. The summed E-state index contributed by atoms with van der Waals surface area (Å²) in [7, 11) is 3.93. The van der Waals surface area contributed by atoms with Crippen molar-refractivity contribution in [3.05, 3.63) is 70.7 Å². The van der Waals surface area contributed by atoms with Crippen LogP contribution in [0.2, 0.25) is 5.02 Å². The number of imide groups is 1. The van der Waals surface area contributed by atoms with Gasteiger partial charge in [-0.3, -0.25) is 14.5 Å². The molecule has 0 aromatic heterocycles. The Hall–Kier alpha value is -2.17. The fraction of sp³-hybridized carbons (Fsp3) is 0.263. The maximum absolute atomic E-state index is 12.8. The van der Waals surface area contributed by atoms with Crippen LogP contribution in [0.15, 0.2) is 54.6 Å². The Kier molecular flexibility index (Phi) is 6.53. The molecule has 0 atom stereocenters. The van der Waals surface area contributed by atoms with E-state index in [4.69, 9.17) is 11.6 Å². The topological polar surface area (TPSA) is 40.6 Å². The fourth-order valence-electron chi connectivity index (χ4n) is 2.33. The van der Waals surface area contributed by atoms with Crippen LogP contribution in [-0.2, 0) is 0 Å². The number of hydrogen-bond acceptors (Lipinski definition) is 3. The van der Waals surface area contributed by atoms with Crippen LogP contribution in [0.1, 0.15) is 27.1 Å². The minimum absolute atomic E-state index is 0.283. The van der Waals surface area contributed by atoms with Gasteiger partial charge in [-0.1, -0.05) is 29.8 Å². The van der Waals surface area contributed by atoms with Crippen molar-refractivity contribution in [1.82, 2.24) is 9.80 Å². The zero-order valence-corrected chi connectivity index (χ0v) is 14.7. The maximum atomic E-state index is 12.8. The van der Waals surface area contributed by atoms with Gasteiger partial charge in [-0.2, -0.15) is 0 Å². The predicted molar refractivity (Wildman–Crippen MR) is 96.4 cm³/mol. The quantitative estimate of drug-likeness (QED) is 0.752. The molecule has 2 rings (SSSR count). The van der Waals surface area contributed by atoms with Gasteiger partial charge in [-0.15, -0.1) is 0 Å². The summed E-state index contributed by atoms with van der Waals surface area (Å²) in [5.74, 6) is -0.589. The van der Waals surface area contributed by atoms with Gasteiger partial charge in [0.1, 0.15) is 0 Å². The molecule has 2 amide bonds. The van der Waals surface area contributed by atoms with Crippen molar-refractivity contribution in [1.29, 1.82) is 0 Å². The first kappa shape index (κ1) is 18.2. The van der Waals surface area contributed by atoms with Gasteiger partial charge in [-0.05, 0) is 63.5 Å². The number of hydrogen-bond donors (Lipinski definition) is 0. The Morgan fingerprint density at radius 3 is 1.92 bits per heavy atom. The van der Waals surface area contributed by atoms with Crippen LogP contribution in [0, 0.1) is 0 Å². The number of benzene rings is 2. The number of carbonyl (C=O) groups is 2. The van der Waals surface area contributed by atoms with Crippen molar-refractivity contribution < 1.29 is 9.59 Å². The highest BCUT2D eigenvalue weighted by molar-refractivity contribution is 6.30. The maximum Gasteiger partial charge on any atom is 0.260 e. The molecule has 2 aromatic rings. The molecule has 0 saturated heterocycles. The van der Waals surface area contributed by atoms with Crippen molar-refractivity contribution in [3.63, 3.8) is 0 Å². The lowest BCUT2D eigenvalue weighted by Gasteiger charge is -2.22. The minimum atomic E-state index is -0.306. The molecule has 0 aliphatic rings. The first-order valence-corrected chi connectivity index (χ1v) is 8.18. The third-order valence-electron chi connectivity index (χ3n) is 3.59. The molecule has 0 aliphatic heterocycles. The van der Waals surface area contributed by atoms with Crippen LogP contribution in [0.4, 0.5) is 0 Å². The van der Waals surface area contributed by atoms with Crippen molar-refractivity contribution in [2.45, 2.75) is 6.42 Å². The van der Waals surface area contributed by atoms with Gasteiger partial charge in [0.25, 0.3) is 11.8 Å². The summed E-state index contributed by atoms with van der Waals surface area (Å²) in [6, 6.07) is 15.4. The Balaban J connectivity index is 2.23. The van der Waals surface area contributed by atoms with Crippen molar-refractivity contribution in [2.75, 3.05) is 27.2 Å². The van der Waals surface area contributed by atoms with E-state index in [-0.39, 0.29) is 11.8 Å². The molecule has 0 bridgehead atoms. The number of carbonyl (C=O) groups excluding carboxylic acids is 2. The summed E-state index contributed by atoms with van der Waals surface area (Å²) in [5.41, 5.74) is 0.957. The highest BCUT2D eigenvalue weighted by Crippen LogP contribution is 2.14. The smallest absolute Gasteiger partial charge is 0.260 e. The molecule has 126 valence electrons. The molecule has 0 spiro atoms. The molecule has 0 heterocycles. The number of nitrogens with zero attached hydrogens (tertiary/aromatic N) is 2. The normalized spacial score (nSPS) is 10.7. The van der Waals surface area contributed by atoms with E-state index in [0.29, 0.717) is 29.1 Å². The molecule has 2 aromatic carbocycles. The van der Waals surface area contributed by atoms with E-state index >= 15 is 0 Å². The van der Waals surface area contributed by atoms with Gasteiger partial charge in [-0.25, -0.2) is 0 Å². The Bertz CT molecular complexity index is 684. The van der Waals surface area contributed by atoms with Crippen molar-refractivity contribution in [2.24, 2.45) is 0 Å². The SMILES string of the molecule is CN(C)CCCN(C(=O)c1ccccc1)C(=O)c1ccc(Cl)cc1. The van der Waals surface area contributed by atoms with E-state index in [9.17, 15) is 9.59 Å². The molecule has 5 heteroatoms. The molecule has 0 saturated carbocycles. The van der Waals surface area contributed by atoms with Crippen LogP contribution in [0.25, 0.3) is 0 Å². The Morgan fingerprint density at radius 2 is 1.38 bits per heavy atom. The standard InChI is InChI=1S/C19H21ClN2O2/c1-21(2)13-6-14-22(18(23)15-7-4-3-5-8-15)19(24)16-9-11-17(20)12-10-16/h3-5,7-12H,6,13-14H2,1-2H3. The lowest BCUT2D eigenvalue weighted by Crippen LogP contribution is -2.38. The van der Waals surface area contributed by atoms with E-state index in [0.717, 1.165) is 6.54 Å². The Labute approximate surface area is 147 Å². The molecule has 0 unspecified atom stereocenters. The predicted octanol–water partition coefficient (Wildman–Crippen LogP) is 3.57. The van der Waals surface area contributed by atoms with E-state index in [2.05, 4.69) is 0 Å². The number of amides is 2. The molecule has 0 radical (unpaired) electrons. The van der Waals surface area contributed by atoms with Crippen LogP contribution < -0.4 is 0 Å². The molecule has 0 aliphatic carbocycles.